The maximum absolute atomic E-state index is 4.50. The maximum atomic E-state index is 4.50. The highest BCUT2D eigenvalue weighted by Gasteiger charge is 2.21. The molecule has 0 saturated carbocycles. The molecule has 0 bridgehead atoms. The first-order valence-corrected chi connectivity index (χ1v) is 9.59. The van der Waals surface area contributed by atoms with Gasteiger partial charge in [-0.25, -0.2) is 9.97 Å². The van der Waals surface area contributed by atoms with E-state index in [0.29, 0.717) is 0 Å². The summed E-state index contributed by atoms with van der Waals surface area (Å²) in [5, 5.41) is 8.98. The Morgan fingerprint density at radius 2 is 1.27 bits per heavy atom. The van der Waals surface area contributed by atoms with Gasteiger partial charge in [0.15, 0.2) is 11.6 Å². The van der Waals surface area contributed by atoms with Crippen LogP contribution in [-0.2, 0) is 0 Å². The van der Waals surface area contributed by atoms with Crippen molar-refractivity contribution in [3.8, 4) is 0 Å². The molecular formula is C19H27N7. The van der Waals surface area contributed by atoms with Gasteiger partial charge >= 0.3 is 0 Å². The highest BCUT2D eigenvalue weighted by atomic mass is 15.3. The molecule has 2 aromatic rings. The van der Waals surface area contributed by atoms with Gasteiger partial charge in [0.05, 0.1) is 0 Å². The summed E-state index contributed by atoms with van der Waals surface area (Å²) in [6.45, 7) is 10.1. The van der Waals surface area contributed by atoms with Crippen LogP contribution >= 0.6 is 0 Å². The van der Waals surface area contributed by atoms with Gasteiger partial charge < -0.3 is 14.7 Å². The van der Waals surface area contributed by atoms with Gasteiger partial charge in [-0.2, -0.15) is 0 Å². The number of aryl methyl sites for hydroxylation is 1. The molecule has 0 spiro atoms. The minimum absolute atomic E-state index is 0.931. The van der Waals surface area contributed by atoms with Crippen molar-refractivity contribution in [2.45, 2.75) is 33.1 Å². The zero-order valence-electron chi connectivity index (χ0n) is 15.7. The normalized spacial score (nSPS) is 18.3. The molecule has 2 aromatic heterocycles. The zero-order chi connectivity index (χ0) is 17.9. The van der Waals surface area contributed by atoms with Crippen LogP contribution in [0.25, 0.3) is 0 Å². The van der Waals surface area contributed by atoms with Crippen LogP contribution in [0.5, 0.6) is 0 Å². The number of hydrogen-bond acceptors (Lipinski definition) is 7. The lowest BCUT2D eigenvalue weighted by atomic mass is 10.1. The number of nitrogens with zero attached hydrogens (tertiary/aromatic N) is 7. The van der Waals surface area contributed by atoms with E-state index in [2.05, 4.69) is 53.9 Å². The fraction of sp³-hybridized carbons (Fsp3) is 0.579. The molecule has 2 fully saturated rings. The van der Waals surface area contributed by atoms with E-state index in [1.54, 1.807) is 6.33 Å². The Kier molecular flexibility index (Phi) is 4.86. The molecule has 0 amide bonds. The van der Waals surface area contributed by atoms with Gasteiger partial charge in [-0.1, -0.05) is 0 Å². The standard InChI is InChI=1S/C19H27N7/c1-15-16(2)20-14-21-19(15)26-12-10-25(11-13-26)18-7-6-17(22-23-18)24-8-4-3-5-9-24/h6-7,14H,3-5,8-13H2,1-2H3. The quantitative estimate of drug-likeness (QED) is 0.838. The summed E-state index contributed by atoms with van der Waals surface area (Å²) in [5.74, 6) is 3.05. The zero-order valence-corrected chi connectivity index (χ0v) is 15.7. The molecule has 4 rings (SSSR count). The molecule has 7 heteroatoms. The summed E-state index contributed by atoms with van der Waals surface area (Å²) in [6.07, 6.45) is 5.51. The van der Waals surface area contributed by atoms with E-state index in [-0.39, 0.29) is 0 Å². The SMILES string of the molecule is Cc1ncnc(N2CCN(c3ccc(N4CCCCC4)nn3)CC2)c1C. The lowest BCUT2D eigenvalue weighted by Gasteiger charge is -2.36. The number of piperidine rings is 1. The Morgan fingerprint density at radius 3 is 1.88 bits per heavy atom. The van der Waals surface area contributed by atoms with E-state index >= 15 is 0 Å². The summed E-state index contributed by atoms with van der Waals surface area (Å²) in [6, 6.07) is 4.24. The van der Waals surface area contributed by atoms with Gasteiger partial charge in [0, 0.05) is 50.5 Å². The molecule has 0 aliphatic carbocycles. The Bertz CT molecular complexity index is 732. The predicted molar refractivity (Wildman–Crippen MR) is 104 cm³/mol. The van der Waals surface area contributed by atoms with Crippen LogP contribution in [0, 0.1) is 13.8 Å². The number of rotatable bonds is 3. The first-order chi connectivity index (χ1) is 12.7. The molecule has 2 aliphatic heterocycles. The third-order valence-electron chi connectivity index (χ3n) is 5.53. The summed E-state index contributed by atoms with van der Waals surface area (Å²) in [5.41, 5.74) is 2.23. The molecule has 0 aromatic carbocycles. The number of hydrogen-bond donors (Lipinski definition) is 0. The predicted octanol–water partition coefficient (Wildman–Crippen LogP) is 2.20. The second kappa shape index (κ2) is 7.43. The van der Waals surface area contributed by atoms with E-state index in [4.69, 9.17) is 0 Å². The fourth-order valence-electron chi connectivity index (χ4n) is 3.77. The third kappa shape index (κ3) is 3.43. The van der Waals surface area contributed by atoms with Crippen molar-refractivity contribution in [2.75, 3.05) is 54.0 Å². The van der Waals surface area contributed by atoms with Crippen LogP contribution in [0.1, 0.15) is 30.5 Å². The minimum Gasteiger partial charge on any atom is -0.355 e. The lowest BCUT2D eigenvalue weighted by Crippen LogP contribution is -2.47. The Hall–Kier alpha value is -2.44. The van der Waals surface area contributed by atoms with E-state index in [9.17, 15) is 0 Å². The number of aromatic nitrogens is 4. The van der Waals surface area contributed by atoms with Crippen molar-refractivity contribution in [1.82, 2.24) is 20.2 Å². The molecule has 0 N–H and O–H groups in total. The molecule has 4 heterocycles. The Balaban J connectivity index is 1.39. The fourth-order valence-corrected chi connectivity index (χ4v) is 3.77. The molecule has 2 aliphatic rings. The van der Waals surface area contributed by atoms with Crippen molar-refractivity contribution in [1.29, 1.82) is 0 Å². The van der Waals surface area contributed by atoms with Crippen molar-refractivity contribution < 1.29 is 0 Å². The third-order valence-corrected chi connectivity index (χ3v) is 5.53. The van der Waals surface area contributed by atoms with Gasteiger partial charge in [0.25, 0.3) is 0 Å². The first-order valence-electron chi connectivity index (χ1n) is 9.59. The van der Waals surface area contributed by atoms with Crippen LogP contribution < -0.4 is 14.7 Å². The topological polar surface area (TPSA) is 61.3 Å². The molecule has 0 atom stereocenters. The molecule has 138 valence electrons. The molecule has 26 heavy (non-hydrogen) atoms. The highest BCUT2D eigenvalue weighted by Crippen LogP contribution is 2.23. The van der Waals surface area contributed by atoms with E-state index in [0.717, 1.165) is 62.4 Å². The highest BCUT2D eigenvalue weighted by molar-refractivity contribution is 5.51. The molecule has 7 nitrogen and oxygen atoms in total. The molecule has 0 radical (unpaired) electrons. The summed E-state index contributed by atoms with van der Waals surface area (Å²) in [7, 11) is 0. The monoisotopic (exact) mass is 353 g/mol. The number of piperazine rings is 1. The number of anilines is 3. The molecule has 0 unspecified atom stereocenters. The molecular weight excluding hydrogens is 326 g/mol. The van der Waals surface area contributed by atoms with Gasteiger partial charge in [0.1, 0.15) is 12.1 Å². The largest absolute Gasteiger partial charge is 0.355 e. The molecule has 2 saturated heterocycles. The van der Waals surface area contributed by atoms with Crippen molar-refractivity contribution in [3.05, 3.63) is 29.7 Å². The van der Waals surface area contributed by atoms with Gasteiger partial charge in [-0.05, 0) is 45.2 Å². The van der Waals surface area contributed by atoms with Crippen molar-refractivity contribution >= 4 is 17.5 Å². The second-order valence-corrected chi connectivity index (χ2v) is 7.18. The average molecular weight is 353 g/mol. The van der Waals surface area contributed by atoms with Crippen molar-refractivity contribution in [3.63, 3.8) is 0 Å². The summed E-state index contributed by atoms with van der Waals surface area (Å²) in [4.78, 5) is 15.8. The summed E-state index contributed by atoms with van der Waals surface area (Å²) >= 11 is 0. The van der Waals surface area contributed by atoms with Crippen LogP contribution in [0.3, 0.4) is 0 Å². The Labute approximate surface area is 155 Å². The van der Waals surface area contributed by atoms with Gasteiger partial charge in [-0.3, -0.25) is 0 Å². The van der Waals surface area contributed by atoms with Gasteiger partial charge in [0.2, 0.25) is 0 Å². The van der Waals surface area contributed by atoms with E-state index in [1.165, 1.54) is 24.8 Å². The van der Waals surface area contributed by atoms with Crippen LogP contribution in [0.4, 0.5) is 17.5 Å². The Morgan fingerprint density at radius 1 is 0.692 bits per heavy atom. The van der Waals surface area contributed by atoms with Crippen molar-refractivity contribution in [2.24, 2.45) is 0 Å². The van der Waals surface area contributed by atoms with Crippen LogP contribution in [0.2, 0.25) is 0 Å². The van der Waals surface area contributed by atoms with E-state index < -0.39 is 0 Å². The smallest absolute Gasteiger partial charge is 0.151 e. The van der Waals surface area contributed by atoms with Crippen LogP contribution in [-0.4, -0.2) is 59.4 Å². The van der Waals surface area contributed by atoms with Gasteiger partial charge in [-0.15, -0.1) is 10.2 Å². The minimum atomic E-state index is 0.931. The first kappa shape index (κ1) is 17.0. The van der Waals surface area contributed by atoms with E-state index in [1.807, 2.05) is 6.92 Å². The second-order valence-electron chi connectivity index (χ2n) is 7.18. The average Bonchev–Trinajstić information content (AvgIpc) is 2.71. The summed E-state index contributed by atoms with van der Waals surface area (Å²) < 4.78 is 0. The lowest BCUT2D eigenvalue weighted by molar-refractivity contribution is 0.570. The van der Waals surface area contributed by atoms with Crippen LogP contribution in [0.15, 0.2) is 18.5 Å². The maximum Gasteiger partial charge on any atom is 0.151 e.